The molecule has 1 saturated heterocycles. The minimum absolute atomic E-state index is 0.0761. The van der Waals surface area contributed by atoms with Gasteiger partial charge in [-0.05, 0) is 30.9 Å². The second-order valence-electron chi connectivity index (χ2n) is 7.00. The highest BCUT2D eigenvalue weighted by molar-refractivity contribution is 5.93. The number of carbonyl (C=O) groups excluding carboxylic acids is 1. The summed E-state index contributed by atoms with van der Waals surface area (Å²) in [7, 11) is 0. The van der Waals surface area contributed by atoms with Crippen LogP contribution in [0.4, 0.5) is 0 Å². The van der Waals surface area contributed by atoms with E-state index in [1.54, 1.807) is 24.3 Å². The first-order chi connectivity index (χ1) is 12.6. The van der Waals surface area contributed by atoms with E-state index in [2.05, 4.69) is 9.88 Å². The number of amides is 1. The summed E-state index contributed by atoms with van der Waals surface area (Å²) < 4.78 is 5.46. The van der Waals surface area contributed by atoms with Crippen LogP contribution in [-0.2, 0) is 17.7 Å². The summed E-state index contributed by atoms with van der Waals surface area (Å²) in [6.07, 6.45) is 1.82. The molecule has 1 atom stereocenters. The van der Waals surface area contributed by atoms with Crippen molar-refractivity contribution in [3.63, 3.8) is 0 Å². The van der Waals surface area contributed by atoms with Crippen LogP contribution in [0, 0.1) is 5.92 Å². The largest absolute Gasteiger partial charge is 0.381 e. The third kappa shape index (κ3) is 3.40. The molecule has 3 N–H and O–H groups in total. The van der Waals surface area contributed by atoms with E-state index in [0.29, 0.717) is 30.3 Å². The maximum absolute atomic E-state index is 12.5. The Balaban J connectivity index is 1.58. The van der Waals surface area contributed by atoms with Gasteiger partial charge < -0.3 is 15.5 Å². The fourth-order valence-corrected chi connectivity index (χ4v) is 3.67. The number of carbonyl (C=O) groups is 1. The number of aromatic nitrogens is 2. The SMILES string of the molecule is NC(=O)c1ccc(-c2nc3c(c(=O)[nH]2)CCN(C[C@H]2CCOC2)C3)cc1. The van der Waals surface area contributed by atoms with Crippen LogP contribution in [0.3, 0.4) is 0 Å². The number of H-pyrrole nitrogens is 1. The first-order valence-electron chi connectivity index (χ1n) is 8.92. The highest BCUT2D eigenvalue weighted by Crippen LogP contribution is 2.21. The van der Waals surface area contributed by atoms with Gasteiger partial charge in [-0.2, -0.15) is 0 Å². The minimum Gasteiger partial charge on any atom is -0.381 e. The summed E-state index contributed by atoms with van der Waals surface area (Å²) in [5.41, 5.74) is 8.01. The van der Waals surface area contributed by atoms with Gasteiger partial charge in [-0.1, -0.05) is 12.1 Å². The molecule has 4 rings (SSSR count). The number of hydrogen-bond acceptors (Lipinski definition) is 5. The monoisotopic (exact) mass is 354 g/mol. The predicted octanol–water partition coefficient (Wildman–Crippen LogP) is 0.930. The first-order valence-corrected chi connectivity index (χ1v) is 8.92. The van der Waals surface area contributed by atoms with Crippen molar-refractivity contribution in [2.24, 2.45) is 11.7 Å². The second kappa shape index (κ2) is 7.01. The van der Waals surface area contributed by atoms with Crippen LogP contribution in [0.25, 0.3) is 11.4 Å². The third-order valence-electron chi connectivity index (χ3n) is 5.14. The van der Waals surface area contributed by atoms with Gasteiger partial charge in [0.1, 0.15) is 5.82 Å². The Hall–Kier alpha value is -2.51. The van der Waals surface area contributed by atoms with E-state index in [0.717, 1.165) is 49.5 Å². The Bertz CT molecular complexity index is 869. The average molecular weight is 354 g/mol. The van der Waals surface area contributed by atoms with Gasteiger partial charge in [0.05, 0.1) is 12.3 Å². The van der Waals surface area contributed by atoms with Crippen LogP contribution in [0.5, 0.6) is 0 Å². The van der Waals surface area contributed by atoms with Crippen LogP contribution in [0.1, 0.15) is 28.0 Å². The fourth-order valence-electron chi connectivity index (χ4n) is 3.67. The zero-order valence-corrected chi connectivity index (χ0v) is 14.5. The summed E-state index contributed by atoms with van der Waals surface area (Å²) in [5.74, 6) is 0.616. The van der Waals surface area contributed by atoms with Crippen molar-refractivity contribution in [1.29, 1.82) is 0 Å². The maximum atomic E-state index is 12.5. The normalized spacial score (nSPS) is 20.1. The number of nitrogens with two attached hydrogens (primary N) is 1. The van der Waals surface area contributed by atoms with Gasteiger partial charge in [0, 0.05) is 42.9 Å². The number of benzene rings is 1. The van der Waals surface area contributed by atoms with Crippen molar-refractivity contribution in [3.05, 3.63) is 51.4 Å². The molecule has 26 heavy (non-hydrogen) atoms. The van der Waals surface area contributed by atoms with Crippen LogP contribution in [0.2, 0.25) is 0 Å². The number of ether oxygens (including phenoxy) is 1. The van der Waals surface area contributed by atoms with E-state index >= 15 is 0 Å². The number of fused-ring (bicyclic) bond motifs is 1. The van der Waals surface area contributed by atoms with E-state index < -0.39 is 5.91 Å². The molecule has 1 aromatic heterocycles. The number of rotatable bonds is 4. The molecule has 1 fully saturated rings. The molecule has 7 nitrogen and oxygen atoms in total. The molecule has 7 heteroatoms. The molecule has 3 heterocycles. The topological polar surface area (TPSA) is 101 Å². The summed E-state index contributed by atoms with van der Waals surface area (Å²) in [6, 6.07) is 6.79. The molecule has 0 aliphatic carbocycles. The highest BCUT2D eigenvalue weighted by Gasteiger charge is 2.25. The fraction of sp³-hybridized carbons (Fsp3) is 0.421. The van der Waals surface area contributed by atoms with Gasteiger partial charge in [-0.15, -0.1) is 0 Å². The number of nitrogens with zero attached hydrogens (tertiary/aromatic N) is 2. The Morgan fingerprint density at radius 1 is 1.35 bits per heavy atom. The van der Waals surface area contributed by atoms with Crippen molar-refractivity contribution >= 4 is 5.91 Å². The number of nitrogens with one attached hydrogen (secondary N) is 1. The Kier molecular flexibility index (Phi) is 4.57. The molecule has 0 radical (unpaired) electrons. The van der Waals surface area contributed by atoms with Crippen LogP contribution in [0.15, 0.2) is 29.1 Å². The lowest BCUT2D eigenvalue weighted by Crippen LogP contribution is -2.38. The van der Waals surface area contributed by atoms with Gasteiger partial charge >= 0.3 is 0 Å². The zero-order chi connectivity index (χ0) is 18.1. The molecule has 0 bridgehead atoms. The number of primary amides is 1. The molecule has 0 spiro atoms. The van der Waals surface area contributed by atoms with Gasteiger partial charge in [0.2, 0.25) is 5.91 Å². The molecule has 0 unspecified atom stereocenters. The summed E-state index contributed by atoms with van der Waals surface area (Å²) >= 11 is 0. The smallest absolute Gasteiger partial charge is 0.254 e. The van der Waals surface area contributed by atoms with E-state index in [-0.39, 0.29) is 5.56 Å². The summed E-state index contributed by atoms with van der Waals surface area (Å²) in [5, 5.41) is 0. The summed E-state index contributed by atoms with van der Waals surface area (Å²) in [6.45, 7) is 4.21. The van der Waals surface area contributed by atoms with Crippen LogP contribution >= 0.6 is 0 Å². The minimum atomic E-state index is -0.477. The third-order valence-corrected chi connectivity index (χ3v) is 5.14. The second-order valence-corrected chi connectivity index (χ2v) is 7.00. The first kappa shape index (κ1) is 16.9. The maximum Gasteiger partial charge on any atom is 0.254 e. The van der Waals surface area contributed by atoms with Gasteiger partial charge in [0.25, 0.3) is 5.56 Å². The van der Waals surface area contributed by atoms with Crippen molar-refractivity contribution < 1.29 is 9.53 Å². The van der Waals surface area contributed by atoms with Crippen molar-refractivity contribution in [2.75, 3.05) is 26.3 Å². The molecular weight excluding hydrogens is 332 g/mol. The molecule has 2 aliphatic heterocycles. The number of hydrogen-bond donors (Lipinski definition) is 2. The molecule has 0 saturated carbocycles. The van der Waals surface area contributed by atoms with Crippen LogP contribution in [-0.4, -0.2) is 47.1 Å². The van der Waals surface area contributed by atoms with Gasteiger partial charge in [-0.3, -0.25) is 14.5 Å². The number of aromatic amines is 1. The molecule has 2 aliphatic rings. The van der Waals surface area contributed by atoms with Crippen LogP contribution < -0.4 is 11.3 Å². The van der Waals surface area contributed by atoms with Gasteiger partial charge in [-0.25, -0.2) is 4.98 Å². The summed E-state index contributed by atoms with van der Waals surface area (Å²) in [4.78, 5) is 33.6. The lowest BCUT2D eigenvalue weighted by atomic mass is 10.0. The Morgan fingerprint density at radius 3 is 2.85 bits per heavy atom. The standard InChI is InChI=1S/C19H22N4O3/c20-17(24)13-1-3-14(4-2-13)18-21-16-10-23(9-12-6-8-26-11-12)7-5-15(16)19(25)22-18/h1-4,12H,5-11H2,(H2,20,24)(H,21,22,25)/t12-/m1/s1. The van der Waals surface area contributed by atoms with E-state index in [9.17, 15) is 9.59 Å². The Morgan fingerprint density at radius 2 is 2.15 bits per heavy atom. The lowest BCUT2D eigenvalue weighted by molar-refractivity contribution is 0.100. The molecule has 1 aromatic carbocycles. The zero-order valence-electron chi connectivity index (χ0n) is 14.5. The van der Waals surface area contributed by atoms with E-state index in [4.69, 9.17) is 15.5 Å². The van der Waals surface area contributed by atoms with E-state index in [1.165, 1.54) is 0 Å². The quantitative estimate of drug-likeness (QED) is 0.851. The molecular formula is C19H22N4O3. The Labute approximate surface area is 151 Å². The van der Waals surface area contributed by atoms with Crippen molar-refractivity contribution in [3.8, 4) is 11.4 Å². The molecule has 1 amide bonds. The van der Waals surface area contributed by atoms with Gasteiger partial charge in [0.15, 0.2) is 0 Å². The lowest BCUT2D eigenvalue weighted by Gasteiger charge is -2.29. The highest BCUT2D eigenvalue weighted by atomic mass is 16.5. The van der Waals surface area contributed by atoms with Crippen molar-refractivity contribution in [1.82, 2.24) is 14.9 Å². The van der Waals surface area contributed by atoms with E-state index in [1.807, 2.05) is 0 Å². The average Bonchev–Trinajstić information content (AvgIpc) is 3.14. The molecule has 2 aromatic rings. The van der Waals surface area contributed by atoms with Crippen molar-refractivity contribution in [2.45, 2.75) is 19.4 Å². The predicted molar refractivity (Wildman–Crippen MR) is 96.7 cm³/mol. The molecule has 136 valence electrons.